The number of ether oxygens (including phenoxy) is 2. The van der Waals surface area contributed by atoms with Gasteiger partial charge in [0.25, 0.3) is 0 Å². The van der Waals surface area contributed by atoms with E-state index in [2.05, 4.69) is 34.0 Å². The Morgan fingerprint density at radius 2 is 1.88 bits per heavy atom. The first-order chi connectivity index (χ1) is 12.2. The predicted molar refractivity (Wildman–Crippen MR) is 94.8 cm³/mol. The number of rotatable bonds is 5. The Labute approximate surface area is 148 Å². The molecule has 130 valence electrons. The van der Waals surface area contributed by atoms with Crippen LogP contribution in [0, 0.1) is 11.3 Å². The Kier molecular flexibility index (Phi) is 5.49. The van der Waals surface area contributed by atoms with Crippen LogP contribution in [0.5, 0.6) is 17.4 Å². The first-order valence-electron chi connectivity index (χ1n) is 8.31. The van der Waals surface area contributed by atoms with Crippen molar-refractivity contribution in [2.24, 2.45) is 0 Å². The lowest BCUT2D eigenvalue weighted by Gasteiger charge is -2.32. The maximum absolute atomic E-state index is 9.40. The number of aromatic nitrogens is 1. The van der Waals surface area contributed by atoms with Crippen LogP contribution < -0.4 is 9.47 Å². The molecule has 6 nitrogen and oxygen atoms in total. The summed E-state index contributed by atoms with van der Waals surface area (Å²) in [4.78, 5) is 8.81. The summed E-state index contributed by atoms with van der Waals surface area (Å²) in [5, 5.41) is 9.40. The summed E-state index contributed by atoms with van der Waals surface area (Å²) in [5.41, 5.74) is 1.41. The van der Waals surface area contributed by atoms with Gasteiger partial charge in [0.1, 0.15) is 11.8 Å². The zero-order chi connectivity index (χ0) is 17.6. The first kappa shape index (κ1) is 17.2. The first-order valence-corrected chi connectivity index (χ1v) is 8.31. The van der Waals surface area contributed by atoms with Crippen molar-refractivity contribution in [3.05, 3.63) is 47.7 Å². The molecule has 1 aromatic carbocycles. The molecular formula is C19H22N4O2. The standard InChI is InChI=1S/C19H22N4O2/c1-22-9-11-23(12-10-22)14-15-5-3-4-6-17(15)25-18-7-8-21-19(24-2)16(18)13-20/h3-8H,9-12,14H2,1-2H3. The lowest BCUT2D eigenvalue weighted by molar-refractivity contribution is 0.147. The summed E-state index contributed by atoms with van der Waals surface area (Å²) in [5.74, 6) is 1.49. The highest BCUT2D eigenvalue weighted by atomic mass is 16.5. The average molecular weight is 338 g/mol. The molecule has 1 saturated heterocycles. The molecule has 0 radical (unpaired) electrons. The molecule has 2 heterocycles. The van der Waals surface area contributed by atoms with E-state index in [1.807, 2.05) is 18.2 Å². The Bertz CT molecular complexity index is 764. The summed E-state index contributed by atoms with van der Waals surface area (Å²) in [6.07, 6.45) is 1.58. The lowest BCUT2D eigenvalue weighted by Crippen LogP contribution is -2.43. The van der Waals surface area contributed by atoms with Gasteiger partial charge in [0.15, 0.2) is 11.3 Å². The number of benzene rings is 1. The van der Waals surface area contributed by atoms with Crippen molar-refractivity contribution >= 4 is 0 Å². The van der Waals surface area contributed by atoms with E-state index in [0.717, 1.165) is 44.0 Å². The fourth-order valence-electron chi connectivity index (χ4n) is 2.87. The van der Waals surface area contributed by atoms with E-state index >= 15 is 0 Å². The van der Waals surface area contributed by atoms with Crippen molar-refractivity contribution in [3.63, 3.8) is 0 Å². The van der Waals surface area contributed by atoms with Gasteiger partial charge in [-0.2, -0.15) is 5.26 Å². The molecule has 0 amide bonds. The zero-order valence-electron chi connectivity index (χ0n) is 14.6. The highest BCUT2D eigenvalue weighted by Crippen LogP contribution is 2.31. The van der Waals surface area contributed by atoms with Crippen LogP contribution in [-0.4, -0.2) is 55.1 Å². The fraction of sp³-hybridized carbons (Fsp3) is 0.368. The van der Waals surface area contributed by atoms with Gasteiger partial charge in [-0.1, -0.05) is 18.2 Å². The smallest absolute Gasteiger partial charge is 0.235 e. The fourth-order valence-corrected chi connectivity index (χ4v) is 2.87. The van der Waals surface area contributed by atoms with Crippen molar-refractivity contribution in [2.45, 2.75) is 6.54 Å². The van der Waals surface area contributed by atoms with E-state index in [1.54, 1.807) is 12.3 Å². The van der Waals surface area contributed by atoms with E-state index in [0.29, 0.717) is 11.3 Å². The summed E-state index contributed by atoms with van der Waals surface area (Å²) in [6, 6.07) is 11.7. The summed E-state index contributed by atoms with van der Waals surface area (Å²) in [6.45, 7) is 5.05. The number of hydrogen-bond acceptors (Lipinski definition) is 6. The quantitative estimate of drug-likeness (QED) is 0.835. The molecule has 0 bridgehead atoms. The Balaban J connectivity index is 1.81. The molecule has 3 rings (SSSR count). The number of likely N-dealkylation sites (N-methyl/N-ethyl adjacent to an activating group) is 1. The van der Waals surface area contributed by atoms with E-state index < -0.39 is 0 Å². The molecule has 0 aliphatic carbocycles. The summed E-state index contributed by atoms with van der Waals surface area (Å²) in [7, 11) is 3.64. The van der Waals surface area contributed by atoms with Crippen LogP contribution in [0.2, 0.25) is 0 Å². The SMILES string of the molecule is COc1nccc(Oc2ccccc2CN2CCN(C)CC2)c1C#N. The van der Waals surface area contributed by atoms with Gasteiger partial charge in [-0.3, -0.25) is 4.90 Å². The van der Waals surface area contributed by atoms with Crippen molar-refractivity contribution in [1.29, 1.82) is 5.26 Å². The molecule has 0 atom stereocenters. The third-order valence-corrected chi connectivity index (χ3v) is 4.37. The minimum atomic E-state index is 0.275. The Morgan fingerprint density at radius 3 is 2.60 bits per heavy atom. The number of pyridine rings is 1. The minimum absolute atomic E-state index is 0.275. The van der Waals surface area contributed by atoms with Crippen LogP contribution in [0.15, 0.2) is 36.5 Å². The van der Waals surface area contributed by atoms with E-state index in [1.165, 1.54) is 7.11 Å². The average Bonchev–Trinajstić information content (AvgIpc) is 2.65. The highest BCUT2D eigenvalue weighted by Gasteiger charge is 2.17. The normalized spacial score (nSPS) is 15.6. The van der Waals surface area contributed by atoms with Gasteiger partial charge in [0.05, 0.1) is 7.11 Å². The molecule has 1 aliphatic rings. The Morgan fingerprint density at radius 1 is 1.12 bits per heavy atom. The second-order valence-corrected chi connectivity index (χ2v) is 6.09. The molecule has 0 N–H and O–H groups in total. The van der Waals surface area contributed by atoms with Crippen LogP contribution in [0.25, 0.3) is 0 Å². The van der Waals surface area contributed by atoms with Gasteiger partial charge in [-0.05, 0) is 13.1 Å². The van der Waals surface area contributed by atoms with Crippen LogP contribution in [0.4, 0.5) is 0 Å². The van der Waals surface area contributed by atoms with Gasteiger partial charge < -0.3 is 14.4 Å². The molecule has 1 aliphatic heterocycles. The highest BCUT2D eigenvalue weighted by molar-refractivity contribution is 5.51. The summed E-state index contributed by atoms with van der Waals surface area (Å²) >= 11 is 0. The van der Waals surface area contributed by atoms with E-state index in [-0.39, 0.29) is 5.88 Å². The van der Waals surface area contributed by atoms with Crippen molar-refractivity contribution < 1.29 is 9.47 Å². The summed E-state index contributed by atoms with van der Waals surface area (Å²) < 4.78 is 11.2. The molecule has 1 aromatic heterocycles. The van der Waals surface area contributed by atoms with E-state index in [9.17, 15) is 5.26 Å². The largest absolute Gasteiger partial charge is 0.480 e. The van der Waals surface area contributed by atoms with Gasteiger partial charge in [-0.25, -0.2) is 4.98 Å². The van der Waals surface area contributed by atoms with Crippen LogP contribution >= 0.6 is 0 Å². The number of nitriles is 1. The predicted octanol–water partition coefficient (Wildman–Crippen LogP) is 2.50. The van der Waals surface area contributed by atoms with Crippen LogP contribution in [-0.2, 0) is 6.54 Å². The van der Waals surface area contributed by atoms with Crippen LogP contribution in [0.1, 0.15) is 11.1 Å². The van der Waals surface area contributed by atoms with Crippen LogP contribution in [0.3, 0.4) is 0 Å². The molecular weight excluding hydrogens is 316 g/mol. The van der Waals surface area contributed by atoms with Crippen molar-refractivity contribution in [1.82, 2.24) is 14.8 Å². The number of methoxy groups -OCH3 is 1. The second-order valence-electron chi connectivity index (χ2n) is 6.09. The lowest BCUT2D eigenvalue weighted by atomic mass is 10.1. The second kappa shape index (κ2) is 7.97. The van der Waals surface area contributed by atoms with Gasteiger partial charge in [0, 0.05) is 50.6 Å². The molecule has 2 aromatic rings. The Hall–Kier alpha value is -2.62. The topological polar surface area (TPSA) is 61.6 Å². The molecule has 0 unspecified atom stereocenters. The molecule has 0 spiro atoms. The zero-order valence-corrected chi connectivity index (χ0v) is 14.6. The van der Waals surface area contributed by atoms with Gasteiger partial charge >= 0.3 is 0 Å². The van der Waals surface area contributed by atoms with Gasteiger partial charge in [0.2, 0.25) is 5.88 Å². The molecule has 6 heteroatoms. The number of hydrogen-bond donors (Lipinski definition) is 0. The van der Waals surface area contributed by atoms with Crippen molar-refractivity contribution in [2.75, 3.05) is 40.3 Å². The maximum atomic E-state index is 9.40. The van der Waals surface area contributed by atoms with Gasteiger partial charge in [-0.15, -0.1) is 0 Å². The third-order valence-electron chi connectivity index (χ3n) is 4.37. The number of nitrogens with zero attached hydrogens (tertiary/aromatic N) is 4. The van der Waals surface area contributed by atoms with E-state index in [4.69, 9.17) is 9.47 Å². The molecule has 0 saturated carbocycles. The number of piperazine rings is 1. The molecule has 1 fully saturated rings. The maximum Gasteiger partial charge on any atom is 0.235 e. The monoisotopic (exact) mass is 338 g/mol. The number of para-hydroxylation sites is 1. The van der Waals surface area contributed by atoms with Crippen molar-refractivity contribution in [3.8, 4) is 23.4 Å². The third kappa shape index (κ3) is 4.08. The molecule has 25 heavy (non-hydrogen) atoms. The minimum Gasteiger partial charge on any atom is -0.480 e.